The minimum Gasteiger partial charge on any atom is -0.478 e. The van der Waals surface area contributed by atoms with Crippen molar-refractivity contribution < 1.29 is 18.3 Å². The van der Waals surface area contributed by atoms with Crippen LogP contribution in [0.2, 0.25) is 5.02 Å². The zero-order valence-electron chi connectivity index (χ0n) is 11.0. The van der Waals surface area contributed by atoms with Gasteiger partial charge in [0, 0.05) is 12.1 Å². The van der Waals surface area contributed by atoms with Crippen molar-refractivity contribution in [3.05, 3.63) is 34.6 Å². The van der Waals surface area contributed by atoms with Crippen LogP contribution >= 0.6 is 11.6 Å². The monoisotopic (exact) mass is 330 g/mol. The highest BCUT2D eigenvalue weighted by Gasteiger charge is 2.23. The molecule has 0 atom stereocenters. The fourth-order valence-electron chi connectivity index (χ4n) is 1.72. The summed E-state index contributed by atoms with van der Waals surface area (Å²) < 4.78 is 28.2. The standard InChI is InChI=1S/C11H11ClN4O4S/c1-6-8(10(17)18)3-7(12)4-9(6)21(19,20)15-11-13-5-14-16(11)2/h3-5H,1-2H3,(H,17,18)(H,13,14,15). The van der Waals surface area contributed by atoms with E-state index >= 15 is 0 Å². The van der Waals surface area contributed by atoms with Crippen molar-refractivity contribution in [2.24, 2.45) is 7.05 Å². The second kappa shape index (κ2) is 5.34. The van der Waals surface area contributed by atoms with E-state index < -0.39 is 16.0 Å². The lowest BCUT2D eigenvalue weighted by atomic mass is 10.1. The maximum absolute atomic E-state index is 12.4. The summed E-state index contributed by atoms with van der Waals surface area (Å²) in [5.41, 5.74) is -0.0950. The minimum absolute atomic E-state index is 0.00579. The number of aromatic nitrogens is 3. The lowest BCUT2D eigenvalue weighted by Crippen LogP contribution is -2.18. The molecule has 10 heteroatoms. The molecule has 0 saturated heterocycles. The third-order valence-corrected chi connectivity index (χ3v) is 4.45. The summed E-state index contributed by atoms with van der Waals surface area (Å²) in [6.45, 7) is 1.39. The molecular formula is C11H11ClN4O4S. The number of benzene rings is 1. The van der Waals surface area contributed by atoms with Crippen molar-refractivity contribution in [1.82, 2.24) is 14.8 Å². The Morgan fingerprint density at radius 1 is 1.43 bits per heavy atom. The lowest BCUT2D eigenvalue weighted by Gasteiger charge is -2.11. The summed E-state index contributed by atoms with van der Waals surface area (Å²) in [6.07, 6.45) is 1.19. The first-order valence-electron chi connectivity index (χ1n) is 5.62. The Hall–Kier alpha value is -2.13. The van der Waals surface area contributed by atoms with Crippen LogP contribution in [0.5, 0.6) is 0 Å². The molecule has 0 spiro atoms. The van der Waals surface area contributed by atoms with Crippen LogP contribution in [0, 0.1) is 6.92 Å². The number of sulfonamides is 1. The highest BCUT2D eigenvalue weighted by molar-refractivity contribution is 7.92. The van der Waals surface area contributed by atoms with E-state index in [1.807, 2.05) is 0 Å². The summed E-state index contributed by atoms with van der Waals surface area (Å²) >= 11 is 5.80. The number of nitrogens with one attached hydrogen (secondary N) is 1. The number of halogens is 1. The Bertz CT molecular complexity index is 816. The van der Waals surface area contributed by atoms with Gasteiger partial charge in [-0.2, -0.15) is 10.1 Å². The molecule has 0 amide bonds. The van der Waals surface area contributed by atoms with Gasteiger partial charge in [-0.15, -0.1) is 0 Å². The predicted octanol–water partition coefficient (Wildman–Crippen LogP) is 1.28. The number of carbonyl (C=O) groups is 1. The molecule has 2 N–H and O–H groups in total. The molecule has 8 nitrogen and oxygen atoms in total. The fourth-order valence-corrected chi connectivity index (χ4v) is 3.33. The van der Waals surface area contributed by atoms with Gasteiger partial charge in [-0.1, -0.05) is 11.6 Å². The molecule has 1 heterocycles. The molecule has 0 aliphatic rings. The van der Waals surface area contributed by atoms with E-state index in [2.05, 4.69) is 14.8 Å². The minimum atomic E-state index is -4.04. The molecule has 0 radical (unpaired) electrons. The quantitative estimate of drug-likeness (QED) is 0.872. The van der Waals surface area contributed by atoms with Gasteiger partial charge in [-0.25, -0.2) is 22.6 Å². The molecule has 2 aromatic rings. The van der Waals surface area contributed by atoms with Crippen LogP contribution in [0.15, 0.2) is 23.4 Å². The van der Waals surface area contributed by atoms with E-state index in [1.165, 1.54) is 37.1 Å². The maximum atomic E-state index is 12.4. The van der Waals surface area contributed by atoms with Crippen molar-refractivity contribution >= 4 is 33.5 Å². The van der Waals surface area contributed by atoms with E-state index in [9.17, 15) is 13.2 Å². The second-order valence-corrected chi connectivity index (χ2v) is 6.28. The first kappa shape index (κ1) is 15.3. The summed E-state index contributed by atoms with van der Waals surface area (Å²) in [4.78, 5) is 14.6. The molecule has 1 aromatic carbocycles. The molecule has 0 unspecified atom stereocenters. The highest BCUT2D eigenvalue weighted by atomic mass is 35.5. The second-order valence-electron chi connectivity index (χ2n) is 4.19. The number of aryl methyl sites for hydroxylation is 1. The Kier molecular flexibility index (Phi) is 3.88. The van der Waals surface area contributed by atoms with Crippen molar-refractivity contribution in [2.75, 3.05) is 4.72 Å². The van der Waals surface area contributed by atoms with E-state index in [0.29, 0.717) is 0 Å². The number of anilines is 1. The van der Waals surface area contributed by atoms with Crippen molar-refractivity contribution in [2.45, 2.75) is 11.8 Å². The Morgan fingerprint density at radius 2 is 2.10 bits per heavy atom. The van der Waals surface area contributed by atoms with E-state index in [-0.39, 0.29) is 27.0 Å². The van der Waals surface area contributed by atoms with Crippen LogP contribution in [0.4, 0.5) is 5.95 Å². The summed E-state index contributed by atoms with van der Waals surface area (Å²) in [5, 5.41) is 12.8. The molecule has 0 bridgehead atoms. The smallest absolute Gasteiger partial charge is 0.336 e. The van der Waals surface area contributed by atoms with Crippen LogP contribution in [-0.2, 0) is 17.1 Å². The molecular weight excluding hydrogens is 320 g/mol. The summed E-state index contributed by atoms with van der Waals surface area (Å²) in [5.74, 6) is -1.25. The molecule has 0 saturated carbocycles. The topological polar surface area (TPSA) is 114 Å². The molecule has 112 valence electrons. The molecule has 0 aliphatic carbocycles. The SMILES string of the molecule is Cc1c(C(=O)O)cc(Cl)cc1S(=O)(=O)Nc1ncnn1C. The number of hydrogen-bond donors (Lipinski definition) is 2. The van der Waals surface area contributed by atoms with Crippen LogP contribution in [0.3, 0.4) is 0 Å². The number of carboxylic acids is 1. The zero-order valence-corrected chi connectivity index (χ0v) is 12.6. The Balaban J connectivity index is 2.55. The molecule has 21 heavy (non-hydrogen) atoms. The third-order valence-electron chi connectivity index (χ3n) is 2.78. The first-order valence-corrected chi connectivity index (χ1v) is 7.48. The van der Waals surface area contributed by atoms with Gasteiger partial charge in [0.1, 0.15) is 6.33 Å². The Morgan fingerprint density at radius 3 is 2.62 bits per heavy atom. The molecule has 0 aliphatic heterocycles. The van der Waals surface area contributed by atoms with Crippen molar-refractivity contribution in [1.29, 1.82) is 0 Å². The van der Waals surface area contributed by atoms with Gasteiger partial charge >= 0.3 is 5.97 Å². The van der Waals surface area contributed by atoms with Crippen molar-refractivity contribution in [3.63, 3.8) is 0 Å². The zero-order chi connectivity index (χ0) is 15.8. The van der Waals surface area contributed by atoms with Crippen molar-refractivity contribution in [3.8, 4) is 0 Å². The van der Waals surface area contributed by atoms with E-state index in [1.54, 1.807) is 0 Å². The van der Waals surface area contributed by atoms with Gasteiger partial charge in [0.2, 0.25) is 5.95 Å². The molecule has 0 fully saturated rings. The third kappa shape index (κ3) is 2.98. The normalized spacial score (nSPS) is 11.4. The first-order chi connectivity index (χ1) is 9.72. The highest BCUT2D eigenvalue weighted by Crippen LogP contribution is 2.25. The summed E-state index contributed by atoms with van der Waals surface area (Å²) in [6, 6.07) is 2.38. The largest absolute Gasteiger partial charge is 0.478 e. The average molecular weight is 331 g/mol. The van der Waals surface area contributed by atoms with E-state index in [0.717, 1.165) is 0 Å². The van der Waals surface area contributed by atoms with Gasteiger partial charge in [-0.05, 0) is 24.6 Å². The van der Waals surface area contributed by atoms with E-state index in [4.69, 9.17) is 16.7 Å². The number of aromatic carboxylic acids is 1. The van der Waals surface area contributed by atoms with Gasteiger partial charge in [0.25, 0.3) is 10.0 Å². The van der Waals surface area contributed by atoms with Gasteiger partial charge in [-0.3, -0.25) is 0 Å². The predicted molar refractivity (Wildman–Crippen MR) is 75.0 cm³/mol. The number of carboxylic acid groups (broad SMARTS) is 1. The fraction of sp³-hybridized carbons (Fsp3) is 0.182. The number of nitrogens with zero attached hydrogens (tertiary/aromatic N) is 3. The van der Waals surface area contributed by atoms with Gasteiger partial charge in [0.05, 0.1) is 10.5 Å². The van der Waals surface area contributed by atoms with Crippen LogP contribution in [0.1, 0.15) is 15.9 Å². The summed E-state index contributed by atoms with van der Waals surface area (Å²) in [7, 11) is -2.52. The number of rotatable bonds is 4. The molecule has 2 rings (SSSR count). The maximum Gasteiger partial charge on any atom is 0.336 e. The van der Waals surface area contributed by atoms with Gasteiger partial charge in [0.15, 0.2) is 0 Å². The lowest BCUT2D eigenvalue weighted by molar-refractivity contribution is 0.0696. The van der Waals surface area contributed by atoms with Crippen LogP contribution in [-0.4, -0.2) is 34.3 Å². The van der Waals surface area contributed by atoms with Crippen LogP contribution in [0.25, 0.3) is 0 Å². The average Bonchev–Trinajstić information content (AvgIpc) is 2.76. The van der Waals surface area contributed by atoms with Gasteiger partial charge < -0.3 is 5.11 Å². The molecule has 1 aromatic heterocycles. The number of hydrogen-bond acceptors (Lipinski definition) is 5. The van der Waals surface area contributed by atoms with Crippen LogP contribution < -0.4 is 4.72 Å². The Labute approximate surface area is 125 Å².